The van der Waals surface area contributed by atoms with Crippen molar-refractivity contribution in [1.29, 1.82) is 0 Å². The van der Waals surface area contributed by atoms with Crippen LogP contribution in [-0.2, 0) is 9.59 Å². The molecule has 78 valence electrons. The quantitative estimate of drug-likeness (QED) is 0.651. The van der Waals surface area contributed by atoms with Gasteiger partial charge in [-0.2, -0.15) is 0 Å². The molecule has 1 fully saturated rings. The van der Waals surface area contributed by atoms with Gasteiger partial charge in [-0.15, -0.1) is 0 Å². The molecule has 0 aromatic heterocycles. The topological polar surface area (TPSA) is 57.6 Å². The third kappa shape index (κ3) is 2.20. The summed E-state index contributed by atoms with van der Waals surface area (Å²) in [6.07, 6.45) is 2.40. The predicted molar refractivity (Wildman–Crippen MR) is 51.6 cm³/mol. The molecule has 1 unspecified atom stereocenters. The van der Waals surface area contributed by atoms with E-state index in [-0.39, 0.29) is 12.5 Å². The Balaban J connectivity index is 2.62. The molecule has 0 aliphatic carbocycles. The zero-order valence-corrected chi connectivity index (χ0v) is 8.32. The van der Waals surface area contributed by atoms with Crippen LogP contribution in [0.3, 0.4) is 0 Å². The van der Waals surface area contributed by atoms with Gasteiger partial charge in [0.1, 0.15) is 5.60 Å². The average molecular weight is 197 g/mol. The number of carbonyl (C=O) groups is 2. The van der Waals surface area contributed by atoms with Gasteiger partial charge < -0.3 is 10.0 Å². The van der Waals surface area contributed by atoms with Crippen LogP contribution in [0, 0.1) is 0 Å². The monoisotopic (exact) mass is 197 g/mol. The zero-order valence-electron chi connectivity index (χ0n) is 8.32. The van der Waals surface area contributed by atoms with E-state index in [0.717, 1.165) is 12.5 Å². The number of β-amino-alcohol motifs (C(OH)–C–C–N with tert-alkyl or cyclic N) is 1. The van der Waals surface area contributed by atoms with Crippen molar-refractivity contribution in [1.82, 2.24) is 4.90 Å². The molecular weight excluding hydrogens is 182 g/mol. The zero-order chi connectivity index (χ0) is 10.8. The molecular formula is C10H15NO3. The molecule has 0 saturated carbocycles. The maximum absolute atomic E-state index is 11.2. The Kier molecular flexibility index (Phi) is 3.06. The second-order valence-corrected chi connectivity index (χ2v) is 3.76. The Labute approximate surface area is 83.2 Å². The molecule has 0 aromatic carbocycles. The molecule has 1 rings (SSSR count). The maximum atomic E-state index is 11.2. The van der Waals surface area contributed by atoms with Gasteiger partial charge in [-0.25, -0.2) is 0 Å². The van der Waals surface area contributed by atoms with Crippen LogP contribution in [0.5, 0.6) is 0 Å². The van der Waals surface area contributed by atoms with E-state index in [9.17, 15) is 14.7 Å². The van der Waals surface area contributed by atoms with Gasteiger partial charge in [-0.05, 0) is 19.4 Å². The number of nitrogens with zero attached hydrogens (tertiary/aromatic N) is 1. The van der Waals surface area contributed by atoms with Crippen molar-refractivity contribution >= 4 is 11.7 Å². The summed E-state index contributed by atoms with van der Waals surface area (Å²) in [5.74, 6) is -0.445. The smallest absolute Gasteiger partial charge is 0.222 e. The molecule has 1 heterocycles. The van der Waals surface area contributed by atoms with Crippen molar-refractivity contribution in [2.24, 2.45) is 0 Å². The van der Waals surface area contributed by atoms with E-state index in [1.165, 1.54) is 11.8 Å². The molecule has 0 bridgehead atoms. The van der Waals surface area contributed by atoms with Gasteiger partial charge in [0.05, 0.1) is 6.54 Å². The van der Waals surface area contributed by atoms with Crippen LogP contribution in [0.2, 0.25) is 0 Å². The number of aliphatic hydroxyl groups is 1. The first-order valence-corrected chi connectivity index (χ1v) is 4.64. The van der Waals surface area contributed by atoms with Crippen molar-refractivity contribution in [3.8, 4) is 0 Å². The van der Waals surface area contributed by atoms with E-state index < -0.39 is 11.4 Å². The number of hydrogen-bond donors (Lipinski definition) is 1. The first kappa shape index (κ1) is 10.9. The molecule has 1 N–H and O–H groups in total. The minimum absolute atomic E-state index is 0.00198. The standard InChI is InChI=1S/C10H15NO3/c1-3-8(12)10(2,14)7-11-6-4-5-9(11)13/h3,14H,1,4-7H2,2H3. The molecule has 1 aliphatic heterocycles. The van der Waals surface area contributed by atoms with E-state index >= 15 is 0 Å². The second kappa shape index (κ2) is 3.92. The Bertz CT molecular complexity index is 271. The number of hydrogen-bond acceptors (Lipinski definition) is 3. The molecule has 4 heteroatoms. The van der Waals surface area contributed by atoms with Gasteiger partial charge in [0, 0.05) is 13.0 Å². The third-order valence-corrected chi connectivity index (χ3v) is 2.39. The van der Waals surface area contributed by atoms with Crippen LogP contribution in [0.15, 0.2) is 12.7 Å². The Hall–Kier alpha value is -1.16. The maximum Gasteiger partial charge on any atom is 0.222 e. The minimum Gasteiger partial charge on any atom is -0.380 e. The summed E-state index contributed by atoms with van der Waals surface area (Å²) in [4.78, 5) is 24.0. The Morgan fingerprint density at radius 3 is 2.86 bits per heavy atom. The average Bonchev–Trinajstić information content (AvgIpc) is 2.50. The fourth-order valence-corrected chi connectivity index (χ4v) is 1.54. The third-order valence-electron chi connectivity index (χ3n) is 2.39. The molecule has 14 heavy (non-hydrogen) atoms. The lowest BCUT2D eigenvalue weighted by Crippen LogP contribution is -2.46. The largest absolute Gasteiger partial charge is 0.380 e. The first-order chi connectivity index (χ1) is 6.47. The number of rotatable bonds is 4. The number of likely N-dealkylation sites (tertiary alicyclic amines) is 1. The van der Waals surface area contributed by atoms with Crippen LogP contribution in [0.1, 0.15) is 19.8 Å². The Morgan fingerprint density at radius 1 is 1.79 bits per heavy atom. The highest BCUT2D eigenvalue weighted by Crippen LogP contribution is 2.15. The normalized spacial score (nSPS) is 20.7. The summed E-state index contributed by atoms with van der Waals surface area (Å²) in [6, 6.07) is 0. The summed E-state index contributed by atoms with van der Waals surface area (Å²) in [5.41, 5.74) is -1.50. The van der Waals surface area contributed by atoms with Crippen molar-refractivity contribution in [3.05, 3.63) is 12.7 Å². The predicted octanol–water partition coefficient (Wildman–Crippen LogP) is 0.115. The van der Waals surface area contributed by atoms with Crippen molar-refractivity contribution in [2.45, 2.75) is 25.4 Å². The van der Waals surface area contributed by atoms with Crippen molar-refractivity contribution in [3.63, 3.8) is 0 Å². The minimum atomic E-state index is -1.50. The van der Waals surface area contributed by atoms with E-state index in [2.05, 4.69) is 6.58 Å². The molecule has 1 saturated heterocycles. The van der Waals surface area contributed by atoms with Crippen LogP contribution < -0.4 is 0 Å². The van der Waals surface area contributed by atoms with E-state index in [1.807, 2.05) is 0 Å². The lowest BCUT2D eigenvalue weighted by Gasteiger charge is -2.26. The fraction of sp³-hybridized carbons (Fsp3) is 0.600. The summed E-state index contributed by atoms with van der Waals surface area (Å²) < 4.78 is 0. The molecule has 4 nitrogen and oxygen atoms in total. The summed E-state index contributed by atoms with van der Waals surface area (Å²) in [6.45, 7) is 5.40. The van der Waals surface area contributed by atoms with Crippen LogP contribution >= 0.6 is 0 Å². The van der Waals surface area contributed by atoms with E-state index in [4.69, 9.17) is 0 Å². The summed E-state index contributed by atoms with van der Waals surface area (Å²) in [5, 5.41) is 9.75. The molecule has 1 atom stereocenters. The first-order valence-electron chi connectivity index (χ1n) is 4.64. The highest BCUT2D eigenvalue weighted by Gasteiger charge is 2.33. The Morgan fingerprint density at radius 2 is 2.43 bits per heavy atom. The summed E-state index contributed by atoms with van der Waals surface area (Å²) in [7, 11) is 0. The lowest BCUT2D eigenvalue weighted by molar-refractivity contribution is -0.137. The van der Waals surface area contributed by atoms with Gasteiger partial charge in [0.15, 0.2) is 5.78 Å². The lowest BCUT2D eigenvalue weighted by atomic mass is 10.0. The highest BCUT2D eigenvalue weighted by molar-refractivity contribution is 5.96. The molecule has 1 aliphatic rings. The van der Waals surface area contributed by atoms with Crippen molar-refractivity contribution in [2.75, 3.05) is 13.1 Å². The molecule has 0 radical (unpaired) electrons. The van der Waals surface area contributed by atoms with Gasteiger partial charge in [-0.1, -0.05) is 6.58 Å². The van der Waals surface area contributed by atoms with Gasteiger partial charge in [-0.3, -0.25) is 9.59 Å². The molecule has 0 spiro atoms. The fourth-order valence-electron chi connectivity index (χ4n) is 1.54. The molecule has 0 aromatic rings. The van der Waals surface area contributed by atoms with Crippen molar-refractivity contribution < 1.29 is 14.7 Å². The van der Waals surface area contributed by atoms with Gasteiger partial charge in [0.2, 0.25) is 5.91 Å². The van der Waals surface area contributed by atoms with Gasteiger partial charge >= 0.3 is 0 Å². The highest BCUT2D eigenvalue weighted by atomic mass is 16.3. The molecule has 1 amide bonds. The van der Waals surface area contributed by atoms with Crippen LogP contribution in [0.25, 0.3) is 0 Å². The van der Waals surface area contributed by atoms with E-state index in [1.54, 1.807) is 0 Å². The SMILES string of the molecule is C=CC(=O)C(C)(O)CN1CCCC1=O. The number of amides is 1. The van der Waals surface area contributed by atoms with Crippen LogP contribution in [0.4, 0.5) is 0 Å². The number of carbonyl (C=O) groups excluding carboxylic acids is 2. The van der Waals surface area contributed by atoms with Crippen LogP contribution in [-0.4, -0.2) is 40.4 Å². The second-order valence-electron chi connectivity index (χ2n) is 3.76. The number of ketones is 1. The summed E-state index contributed by atoms with van der Waals surface area (Å²) >= 11 is 0. The van der Waals surface area contributed by atoms with E-state index in [0.29, 0.717) is 13.0 Å². The van der Waals surface area contributed by atoms with Gasteiger partial charge in [0.25, 0.3) is 0 Å².